The van der Waals surface area contributed by atoms with E-state index in [1.165, 1.54) is 25.7 Å². The van der Waals surface area contributed by atoms with E-state index in [4.69, 9.17) is 5.73 Å². The molecule has 0 radical (unpaired) electrons. The zero-order chi connectivity index (χ0) is 7.56. The highest BCUT2D eigenvalue weighted by molar-refractivity contribution is 4.80. The highest BCUT2D eigenvalue weighted by Crippen LogP contribution is 2.31. The molecular weight excluding hydrogens is 122 g/mol. The second-order valence-corrected chi connectivity index (χ2v) is 3.72. The fraction of sp³-hybridized carbons (Fsp3) is 1.00. The van der Waals surface area contributed by atoms with E-state index in [2.05, 4.69) is 13.8 Å². The van der Waals surface area contributed by atoms with Gasteiger partial charge in [-0.2, -0.15) is 0 Å². The predicted octanol–water partition coefficient (Wildman–Crippen LogP) is 2.16. The SMILES string of the molecule is CCC(C)C1CCC(N)C1. The number of nitrogens with two attached hydrogens (primary N) is 1. The predicted molar refractivity (Wildman–Crippen MR) is 44.8 cm³/mol. The molecule has 0 amide bonds. The second kappa shape index (κ2) is 3.38. The minimum Gasteiger partial charge on any atom is -0.328 e. The summed E-state index contributed by atoms with van der Waals surface area (Å²) >= 11 is 0. The molecule has 0 aromatic heterocycles. The molecule has 3 unspecified atom stereocenters. The van der Waals surface area contributed by atoms with Crippen molar-refractivity contribution in [2.75, 3.05) is 0 Å². The molecule has 10 heavy (non-hydrogen) atoms. The highest BCUT2D eigenvalue weighted by atomic mass is 14.6. The van der Waals surface area contributed by atoms with Gasteiger partial charge in [-0.3, -0.25) is 0 Å². The summed E-state index contributed by atoms with van der Waals surface area (Å²) in [6.07, 6.45) is 5.22. The number of hydrogen-bond donors (Lipinski definition) is 1. The minimum atomic E-state index is 0.513. The lowest BCUT2D eigenvalue weighted by Crippen LogP contribution is -2.16. The van der Waals surface area contributed by atoms with Crippen molar-refractivity contribution in [1.29, 1.82) is 0 Å². The van der Waals surface area contributed by atoms with E-state index < -0.39 is 0 Å². The molecule has 1 aliphatic carbocycles. The van der Waals surface area contributed by atoms with Gasteiger partial charge >= 0.3 is 0 Å². The minimum absolute atomic E-state index is 0.513. The molecule has 3 atom stereocenters. The van der Waals surface area contributed by atoms with Gasteiger partial charge in [0.15, 0.2) is 0 Å². The first kappa shape index (κ1) is 8.06. The molecule has 2 N–H and O–H groups in total. The summed E-state index contributed by atoms with van der Waals surface area (Å²) in [6, 6.07) is 0.513. The van der Waals surface area contributed by atoms with Crippen molar-refractivity contribution in [2.24, 2.45) is 17.6 Å². The van der Waals surface area contributed by atoms with Gasteiger partial charge in [0.1, 0.15) is 0 Å². The lowest BCUT2D eigenvalue weighted by atomic mass is 9.90. The Balaban J connectivity index is 2.29. The summed E-state index contributed by atoms with van der Waals surface area (Å²) in [5.74, 6) is 1.83. The van der Waals surface area contributed by atoms with E-state index in [-0.39, 0.29) is 0 Å². The second-order valence-electron chi connectivity index (χ2n) is 3.72. The Morgan fingerprint density at radius 1 is 1.50 bits per heavy atom. The van der Waals surface area contributed by atoms with Crippen molar-refractivity contribution < 1.29 is 0 Å². The maximum atomic E-state index is 5.82. The molecule has 0 aromatic carbocycles. The molecule has 0 bridgehead atoms. The van der Waals surface area contributed by atoms with Crippen molar-refractivity contribution in [1.82, 2.24) is 0 Å². The van der Waals surface area contributed by atoms with Gasteiger partial charge in [0.25, 0.3) is 0 Å². The van der Waals surface area contributed by atoms with E-state index in [1.54, 1.807) is 0 Å². The molecule has 1 saturated carbocycles. The van der Waals surface area contributed by atoms with Gasteiger partial charge in [-0.25, -0.2) is 0 Å². The molecule has 60 valence electrons. The van der Waals surface area contributed by atoms with Crippen LogP contribution in [-0.2, 0) is 0 Å². The van der Waals surface area contributed by atoms with Crippen LogP contribution in [-0.4, -0.2) is 6.04 Å². The first-order chi connectivity index (χ1) is 4.74. The lowest BCUT2D eigenvalue weighted by Gasteiger charge is -2.16. The molecule has 0 saturated heterocycles. The Morgan fingerprint density at radius 3 is 2.60 bits per heavy atom. The van der Waals surface area contributed by atoms with Gasteiger partial charge in [-0.05, 0) is 31.1 Å². The van der Waals surface area contributed by atoms with Gasteiger partial charge < -0.3 is 5.73 Å². The smallest absolute Gasteiger partial charge is 0.00416 e. The standard InChI is InChI=1S/C9H19N/c1-3-7(2)8-4-5-9(10)6-8/h7-9H,3-6,10H2,1-2H3. The third kappa shape index (κ3) is 1.72. The van der Waals surface area contributed by atoms with E-state index >= 15 is 0 Å². The van der Waals surface area contributed by atoms with Crippen LogP contribution >= 0.6 is 0 Å². The van der Waals surface area contributed by atoms with Crippen LogP contribution in [0.25, 0.3) is 0 Å². The number of hydrogen-bond acceptors (Lipinski definition) is 1. The Bertz CT molecular complexity index is 101. The Labute approximate surface area is 64.0 Å². The molecule has 0 spiro atoms. The maximum absolute atomic E-state index is 5.82. The molecule has 1 rings (SSSR count). The average Bonchev–Trinajstić information content (AvgIpc) is 2.34. The maximum Gasteiger partial charge on any atom is 0.00416 e. The summed E-state index contributed by atoms with van der Waals surface area (Å²) < 4.78 is 0. The van der Waals surface area contributed by atoms with E-state index in [0.717, 1.165) is 11.8 Å². The van der Waals surface area contributed by atoms with E-state index in [9.17, 15) is 0 Å². The van der Waals surface area contributed by atoms with Crippen LogP contribution in [0.5, 0.6) is 0 Å². The van der Waals surface area contributed by atoms with Gasteiger partial charge in [0, 0.05) is 6.04 Å². The summed E-state index contributed by atoms with van der Waals surface area (Å²) in [4.78, 5) is 0. The van der Waals surface area contributed by atoms with E-state index in [0.29, 0.717) is 6.04 Å². The Hall–Kier alpha value is -0.0400. The molecule has 0 heterocycles. The fourth-order valence-corrected chi connectivity index (χ4v) is 1.90. The fourth-order valence-electron chi connectivity index (χ4n) is 1.90. The van der Waals surface area contributed by atoms with Crippen LogP contribution in [0.4, 0.5) is 0 Å². The van der Waals surface area contributed by atoms with Crippen LogP contribution in [0.1, 0.15) is 39.5 Å². The molecule has 1 heteroatoms. The normalized spacial score (nSPS) is 36.3. The van der Waals surface area contributed by atoms with Crippen LogP contribution in [0.2, 0.25) is 0 Å². The third-order valence-corrected chi connectivity index (χ3v) is 2.96. The van der Waals surface area contributed by atoms with Crippen molar-refractivity contribution in [3.63, 3.8) is 0 Å². The van der Waals surface area contributed by atoms with Crippen LogP contribution in [0, 0.1) is 11.8 Å². The molecule has 1 fully saturated rings. The Kier molecular flexibility index (Phi) is 2.72. The highest BCUT2D eigenvalue weighted by Gasteiger charge is 2.24. The van der Waals surface area contributed by atoms with Gasteiger partial charge in [0.05, 0.1) is 0 Å². The summed E-state index contributed by atoms with van der Waals surface area (Å²) in [5.41, 5.74) is 5.82. The topological polar surface area (TPSA) is 26.0 Å². The molecule has 0 aliphatic heterocycles. The van der Waals surface area contributed by atoms with Crippen molar-refractivity contribution in [2.45, 2.75) is 45.6 Å². The largest absolute Gasteiger partial charge is 0.328 e. The zero-order valence-electron chi connectivity index (χ0n) is 7.14. The third-order valence-electron chi connectivity index (χ3n) is 2.96. The Morgan fingerprint density at radius 2 is 2.20 bits per heavy atom. The monoisotopic (exact) mass is 141 g/mol. The summed E-state index contributed by atoms with van der Waals surface area (Å²) in [5, 5.41) is 0. The van der Waals surface area contributed by atoms with Crippen molar-refractivity contribution >= 4 is 0 Å². The van der Waals surface area contributed by atoms with Gasteiger partial charge in [-0.1, -0.05) is 20.3 Å². The number of rotatable bonds is 2. The van der Waals surface area contributed by atoms with Gasteiger partial charge in [0.2, 0.25) is 0 Å². The van der Waals surface area contributed by atoms with E-state index in [1.807, 2.05) is 0 Å². The first-order valence-corrected chi connectivity index (χ1v) is 4.49. The average molecular weight is 141 g/mol. The molecule has 0 aromatic rings. The van der Waals surface area contributed by atoms with Gasteiger partial charge in [-0.15, -0.1) is 0 Å². The van der Waals surface area contributed by atoms with Crippen LogP contribution < -0.4 is 5.73 Å². The molecule has 1 aliphatic rings. The van der Waals surface area contributed by atoms with Crippen molar-refractivity contribution in [3.05, 3.63) is 0 Å². The van der Waals surface area contributed by atoms with Crippen LogP contribution in [0.3, 0.4) is 0 Å². The lowest BCUT2D eigenvalue weighted by molar-refractivity contribution is 0.353. The van der Waals surface area contributed by atoms with Crippen LogP contribution in [0.15, 0.2) is 0 Å². The molecule has 1 nitrogen and oxygen atoms in total. The quantitative estimate of drug-likeness (QED) is 0.626. The van der Waals surface area contributed by atoms with Crippen molar-refractivity contribution in [3.8, 4) is 0 Å². The summed E-state index contributed by atoms with van der Waals surface area (Å²) in [6.45, 7) is 4.62. The summed E-state index contributed by atoms with van der Waals surface area (Å²) in [7, 11) is 0. The molecular formula is C9H19N. The zero-order valence-corrected chi connectivity index (χ0v) is 7.14. The first-order valence-electron chi connectivity index (χ1n) is 4.49.